The van der Waals surface area contributed by atoms with E-state index >= 15 is 0 Å². The average molecular weight is 577 g/mol. The lowest BCUT2D eigenvalue weighted by Crippen LogP contribution is -2.52. The van der Waals surface area contributed by atoms with Crippen molar-refractivity contribution in [2.24, 2.45) is 0 Å². The Morgan fingerprint density at radius 2 is 1.71 bits per heavy atom. The van der Waals surface area contributed by atoms with Gasteiger partial charge in [0.05, 0.1) is 23.7 Å². The van der Waals surface area contributed by atoms with Crippen molar-refractivity contribution in [3.8, 4) is 0 Å². The zero-order valence-electron chi connectivity index (χ0n) is 24.5. The highest BCUT2D eigenvalue weighted by Gasteiger charge is 2.49. The van der Waals surface area contributed by atoms with E-state index in [1.807, 2.05) is 12.1 Å². The number of ether oxygens (including phenoxy) is 1. The molecule has 0 radical (unpaired) electrons. The Hall–Kier alpha value is -4.08. The Morgan fingerprint density at radius 3 is 2.36 bits per heavy atom. The molecule has 2 atom stereocenters. The molecule has 2 fully saturated rings. The number of likely N-dealkylation sites (tertiary alicyclic amines) is 1. The predicted molar refractivity (Wildman–Crippen MR) is 156 cm³/mol. The number of anilines is 1. The summed E-state index contributed by atoms with van der Waals surface area (Å²) in [5, 5.41) is 7.58. The minimum Gasteiger partial charge on any atom is -0.442 e. The average Bonchev–Trinajstić information content (AvgIpc) is 3.55. The molecule has 0 bridgehead atoms. The maximum atomic E-state index is 14.9. The number of carbonyl (C=O) groups excluding carboxylic acids is 4. The third-order valence-electron chi connectivity index (χ3n) is 8.18. The second-order valence-corrected chi connectivity index (χ2v) is 12.4. The van der Waals surface area contributed by atoms with E-state index in [2.05, 4.69) is 10.4 Å². The Morgan fingerprint density at radius 1 is 1.02 bits per heavy atom. The highest BCUT2D eigenvalue weighted by atomic mass is 19.1. The van der Waals surface area contributed by atoms with Crippen LogP contribution in [0.25, 0.3) is 10.9 Å². The van der Waals surface area contributed by atoms with Crippen LogP contribution < -0.4 is 5.32 Å². The molecule has 0 spiro atoms. The predicted octanol–water partition coefficient (Wildman–Crippen LogP) is 5.80. The summed E-state index contributed by atoms with van der Waals surface area (Å²) >= 11 is 0. The van der Waals surface area contributed by atoms with Crippen LogP contribution in [0.5, 0.6) is 0 Å². The lowest BCUT2D eigenvalue weighted by atomic mass is 9.68. The SMILES string of the molecule is CC(=O)c1ccc(C2(C(=O)N3C[C@H](F)C[C@@H]3C(=O)Nc3ccc4c(cnn4C(=O)OC(C)(C)C)c3)CCCCC2)cc1. The van der Waals surface area contributed by atoms with Crippen LogP contribution in [0.2, 0.25) is 0 Å². The molecule has 1 N–H and O–H groups in total. The number of Topliss-reactive ketones (excluding diaryl/α,β-unsaturated/α-hetero) is 1. The lowest BCUT2D eigenvalue weighted by molar-refractivity contribution is -0.143. The summed E-state index contributed by atoms with van der Waals surface area (Å²) in [6.07, 6.45) is 3.38. The molecule has 1 aromatic heterocycles. The summed E-state index contributed by atoms with van der Waals surface area (Å²) in [6, 6.07) is 11.1. The van der Waals surface area contributed by atoms with Crippen LogP contribution >= 0.6 is 0 Å². The first-order chi connectivity index (χ1) is 19.9. The summed E-state index contributed by atoms with van der Waals surface area (Å²) in [5.74, 6) is -0.773. The number of carbonyl (C=O) groups is 4. The van der Waals surface area contributed by atoms with Gasteiger partial charge in [-0.2, -0.15) is 9.78 Å². The van der Waals surface area contributed by atoms with Crippen LogP contribution in [-0.2, 0) is 19.7 Å². The first-order valence-electron chi connectivity index (χ1n) is 14.5. The minimum absolute atomic E-state index is 0.0579. The third kappa shape index (κ3) is 5.80. The maximum absolute atomic E-state index is 14.9. The first kappa shape index (κ1) is 29.4. The second-order valence-electron chi connectivity index (χ2n) is 12.4. The maximum Gasteiger partial charge on any atom is 0.435 e. The molecule has 2 amide bonds. The quantitative estimate of drug-likeness (QED) is 0.384. The van der Waals surface area contributed by atoms with E-state index in [1.54, 1.807) is 51.1 Å². The highest BCUT2D eigenvalue weighted by molar-refractivity contribution is 6.01. The molecule has 1 aliphatic carbocycles. The number of alkyl halides is 1. The van der Waals surface area contributed by atoms with E-state index in [-0.39, 0.29) is 24.7 Å². The Labute approximate surface area is 244 Å². The topological polar surface area (TPSA) is 111 Å². The molecule has 222 valence electrons. The molecule has 2 aromatic carbocycles. The van der Waals surface area contributed by atoms with E-state index in [4.69, 9.17) is 4.74 Å². The number of halogens is 1. The Kier molecular flexibility index (Phi) is 7.92. The number of nitrogens with zero attached hydrogens (tertiary/aromatic N) is 3. The van der Waals surface area contributed by atoms with Gasteiger partial charge in [0.2, 0.25) is 11.8 Å². The normalized spacial score (nSPS) is 20.4. The fourth-order valence-corrected chi connectivity index (χ4v) is 6.12. The van der Waals surface area contributed by atoms with E-state index in [0.717, 1.165) is 29.5 Å². The Bertz CT molecular complexity index is 1520. The largest absolute Gasteiger partial charge is 0.442 e. The van der Waals surface area contributed by atoms with Gasteiger partial charge in [-0.15, -0.1) is 0 Å². The van der Waals surface area contributed by atoms with Gasteiger partial charge in [0.1, 0.15) is 17.8 Å². The van der Waals surface area contributed by atoms with Crippen molar-refractivity contribution in [2.75, 3.05) is 11.9 Å². The number of fused-ring (bicyclic) bond motifs is 1. The summed E-state index contributed by atoms with van der Waals surface area (Å²) in [6.45, 7) is 6.65. The summed E-state index contributed by atoms with van der Waals surface area (Å²) in [5.41, 5.74) is 0.762. The van der Waals surface area contributed by atoms with Gasteiger partial charge in [-0.05, 0) is 64.3 Å². The summed E-state index contributed by atoms with van der Waals surface area (Å²) in [7, 11) is 0. The fraction of sp³-hybridized carbons (Fsp3) is 0.469. The third-order valence-corrected chi connectivity index (χ3v) is 8.18. The molecule has 42 heavy (non-hydrogen) atoms. The second kappa shape index (κ2) is 11.3. The molecule has 0 unspecified atom stereocenters. The fourth-order valence-electron chi connectivity index (χ4n) is 6.12. The van der Waals surface area contributed by atoms with Crippen molar-refractivity contribution in [2.45, 2.75) is 89.4 Å². The van der Waals surface area contributed by atoms with Gasteiger partial charge in [-0.25, -0.2) is 9.18 Å². The molecular weight excluding hydrogens is 539 g/mol. The number of benzene rings is 2. The van der Waals surface area contributed by atoms with Crippen molar-refractivity contribution < 1.29 is 28.3 Å². The number of ketones is 1. The number of rotatable bonds is 5. The Balaban J connectivity index is 1.37. The van der Waals surface area contributed by atoms with E-state index in [0.29, 0.717) is 35.0 Å². The van der Waals surface area contributed by atoms with Gasteiger partial charge in [-0.3, -0.25) is 14.4 Å². The van der Waals surface area contributed by atoms with Gasteiger partial charge in [0.25, 0.3) is 0 Å². The van der Waals surface area contributed by atoms with Gasteiger partial charge in [0, 0.05) is 23.1 Å². The molecule has 1 saturated heterocycles. The van der Waals surface area contributed by atoms with Crippen molar-refractivity contribution in [1.29, 1.82) is 0 Å². The molecular formula is C32H37FN4O5. The van der Waals surface area contributed by atoms with Crippen LogP contribution in [-0.4, -0.2) is 62.7 Å². The van der Waals surface area contributed by atoms with E-state index in [1.165, 1.54) is 18.0 Å². The standard InChI is InChI=1S/C32H37FN4O5/c1-20(38)21-8-10-23(11-9-21)32(14-6-5-7-15-32)29(40)36-19-24(33)17-27(36)28(39)35-25-12-13-26-22(16-25)18-34-37(26)30(41)42-31(2,3)4/h8-13,16,18,24,27H,5-7,14-15,17,19H2,1-4H3,(H,35,39)/t24-,27-/m1/s1. The van der Waals surface area contributed by atoms with E-state index < -0.39 is 35.2 Å². The van der Waals surface area contributed by atoms with Gasteiger partial charge in [0.15, 0.2) is 5.78 Å². The smallest absolute Gasteiger partial charge is 0.435 e. The lowest BCUT2D eigenvalue weighted by Gasteiger charge is -2.40. The van der Waals surface area contributed by atoms with Gasteiger partial charge >= 0.3 is 6.09 Å². The van der Waals surface area contributed by atoms with Crippen LogP contribution in [0.4, 0.5) is 14.9 Å². The zero-order chi connectivity index (χ0) is 30.2. The van der Waals surface area contributed by atoms with Crippen molar-refractivity contribution in [3.63, 3.8) is 0 Å². The molecule has 2 aliphatic rings. The van der Waals surface area contributed by atoms with E-state index in [9.17, 15) is 23.6 Å². The highest BCUT2D eigenvalue weighted by Crippen LogP contribution is 2.43. The summed E-state index contributed by atoms with van der Waals surface area (Å²) < 4.78 is 21.4. The van der Waals surface area contributed by atoms with Crippen LogP contribution in [0, 0.1) is 0 Å². The molecule has 1 aliphatic heterocycles. The van der Waals surface area contributed by atoms with Crippen molar-refractivity contribution in [1.82, 2.24) is 14.7 Å². The minimum atomic E-state index is -1.32. The van der Waals surface area contributed by atoms with Crippen LogP contribution in [0.3, 0.4) is 0 Å². The number of nitrogens with one attached hydrogen (secondary N) is 1. The molecule has 10 heteroatoms. The van der Waals surface area contributed by atoms with Gasteiger partial charge in [-0.1, -0.05) is 43.5 Å². The van der Waals surface area contributed by atoms with Crippen LogP contribution in [0.15, 0.2) is 48.7 Å². The molecule has 2 heterocycles. The molecule has 5 rings (SSSR count). The number of aromatic nitrogens is 2. The monoisotopic (exact) mass is 576 g/mol. The molecule has 9 nitrogen and oxygen atoms in total. The number of amides is 2. The van der Waals surface area contributed by atoms with Gasteiger partial charge < -0.3 is 15.0 Å². The zero-order valence-corrected chi connectivity index (χ0v) is 24.5. The molecule has 3 aromatic rings. The molecule has 1 saturated carbocycles. The first-order valence-corrected chi connectivity index (χ1v) is 14.5. The summed E-state index contributed by atoms with van der Waals surface area (Å²) in [4.78, 5) is 53.5. The number of hydrogen-bond acceptors (Lipinski definition) is 6. The van der Waals surface area contributed by atoms with Crippen molar-refractivity contribution >= 4 is 40.3 Å². The number of hydrogen-bond donors (Lipinski definition) is 1. The van der Waals surface area contributed by atoms with Crippen LogP contribution in [0.1, 0.15) is 82.1 Å². The van der Waals surface area contributed by atoms with Crippen molar-refractivity contribution in [3.05, 3.63) is 59.8 Å².